The number of nitrogens with one attached hydrogen (secondary N) is 1. The standard InChI is InChI=1S/C27H27FN6O/c1-33-18-27(17-31-33,21-8-10-22(28)11-9-21)26(35)34-12-3-2-7-23(34)14-25-30-16-24(32-25)20-6-4-5-19(13-20)15-29/h4-6,8-11,13,16-17,23H,2-3,7,12,14,18H2,1H3,(H,30,32). The second kappa shape index (κ2) is 9.34. The summed E-state index contributed by atoms with van der Waals surface area (Å²) in [5.41, 5.74) is 2.15. The van der Waals surface area contributed by atoms with Crippen molar-refractivity contribution in [2.45, 2.75) is 37.1 Å². The quantitative estimate of drug-likeness (QED) is 0.613. The van der Waals surface area contributed by atoms with Gasteiger partial charge in [0.2, 0.25) is 5.91 Å². The van der Waals surface area contributed by atoms with Gasteiger partial charge in [0.15, 0.2) is 0 Å². The number of hydrogen-bond acceptors (Lipinski definition) is 5. The molecule has 2 atom stereocenters. The van der Waals surface area contributed by atoms with Crippen LogP contribution in [0.1, 0.15) is 36.2 Å². The molecule has 8 heteroatoms. The summed E-state index contributed by atoms with van der Waals surface area (Å²) < 4.78 is 13.6. The number of amides is 1. The van der Waals surface area contributed by atoms with E-state index in [0.29, 0.717) is 25.1 Å². The zero-order valence-corrected chi connectivity index (χ0v) is 19.6. The van der Waals surface area contributed by atoms with Gasteiger partial charge in [0, 0.05) is 37.8 Å². The van der Waals surface area contributed by atoms with Gasteiger partial charge in [-0.3, -0.25) is 9.80 Å². The van der Waals surface area contributed by atoms with Crippen molar-refractivity contribution in [2.75, 3.05) is 20.1 Å². The fraction of sp³-hybridized carbons (Fsp3) is 0.333. The summed E-state index contributed by atoms with van der Waals surface area (Å²) in [6.45, 7) is 1.09. The lowest BCUT2D eigenvalue weighted by molar-refractivity contribution is -0.138. The highest BCUT2D eigenvalue weighted by molar-refractivity contribution is 6.06. The maximum atomic E-state index is 14.1. The number of aromatic nitrogens is 2. The molecule has 0 saturated carbocycles. The Hall–Kier alpha value is -3.99. The third kappa shape index (κ3) is 4.42. The van der Waals surface area contributed by atoms with Gasteiger partial charge in [-0.2, -0.15) is 10.4 Å². The predicted molar refractivity (Wildman–Crippen MR) is 131 cm³/mol. The van der Waals surface area contributed by atoms with E-state index in [-0.39, 0.29) is 17.8 Å². The number of halogens is 1. The van der Waals surface area contributed by atoms with Crippen LogP contribution in [-0.4, -0.2) is 58.2 Å². The second-order valence-corrected chi connectivity index (χ2v) is 9.33. The van der Waals surface area contributed by atoms with Crippen molar-refractivity contribution in [3.05, 3.63) is 77.5 Å². The van der Waals surface area contributed by atoms with Gasteiger partial charge in [0.1, 0.15) is 17.1 Å². The number of imidazole rings is 1. The maximum absolute atomic E-state index is 14.1. The number of piperidine rings is 1. The van der Waals surface area contributed by atoms with E-state index < -0.39 is 5.41 Å². The third-order valence-electron chi connectivity index (χ3n) is 6.94. The van der Waals surface area contributed by atoms with Crippen LogP contribution < -0.4 is 0 Å². The molecule has 178 valence electrons. The Labute approximate surface area is 203 Å². The maximum Gasteiger partial charge on any atom is 0.240 e. The average Bonchev–Trinajstić information content (AvgIpc) is 3.52. The Balaban J connectivity index is 1.40. The van der Waals surface area contributed by atoms with Crippen LogP contribution in [0.25, 0.3) is 11.3 Å². The van der Waals surface area contributed by atoms with Gasteiger partial charge in [-0.15, -0.1) is 0 Å². The molecule has 3 heterocycles. The average molecular weight is 471 g/mol. The Bertz CT molecular complexity index is 1290. The number of aromatic amines is 1. The number of rotatable bonds is 5. The van der Waals surface area contributed by atoms with Crippen molar-refractivity contribution in [2.24, 2.45) is 5.10 Å². The Morgan fingerprint density at radius 2 is 2.09 bits per heavy atom. The Kier molecular flexibility index (Phi) is 6.08. The van der Waals surface area contributed by atoms with Crippen LogP contribution in [0.4, 0.5) is 4.39 Å². The molecule has 3 aromatic rings. The van der Waals surface area contributed by atoms with E-state index in [9.17, 15) is 14.4 Å². The first-order chi connectivity index (χ1) is 17.0. The molecular weight excluding hydrogens is 443 g/mol. The molecule has 5 rings (SSSR count). The van der Waals surface area contributed by atoms with E-state index in [2.05, 4.69) is 21.1 Å². The Morgan fingerprint density at radius 1 is 1.26 bits per heavy atom. The molecule has 2 aromatic carbocycles. The van der Waals surface area contributed by atoms with Gasteiger partial charge < -0.3 is 9.88 Å². The monoisotopic (exact) mass is 470 g/mol. The molecule has 35 heavy (non-hydrogen) atoms. The number of nitrogens with zero attached hydrogens (tertiary/aromatic N) is 5. The van der Waals surface area contributed by atoms with Gasteiger partial charge in [0.25, 0.3) is 0 Å². The minimum atomic E-state index is -0.940. The van der Waals surface area contributed by atoms with Crippen LogP contribution >= 0.6 is 0 Å². The van der Waals surface area contributed by atoms with Crippen LogP contribution in [0.15, 0.2) is 59.8 Å². The van der Waals surface area contributed by atoms with E-state index in [1.807, 2.05) is 30.1 Å². The number of benzene rings is 2. The fourth-order valence-electron chi connectivity index (χ4n) is 5.13. The molecule has 0 radical (unpaired) electrons. The molecule has 1 saturated heterocycles. The largest absolute Gasteiger partial charge is 0.342 e. The summed E-state index contributed by atoms with van der Waals surface area (Å²) in [7, 11) is 1.84. The number of H-pyrrole nitrogens is 1. The summed E-state index contributed by atoms with van der Waals surface area (Å²) in [4.78, 5) is 24.0. The predicted octanol–water partition coefficient (Wildman–Crippen LogP) is 3.88. The number of likely N-dealkylation sites (tertiary alicyclic amines) is 1. The normalized spacial score (nSPS) is 21.8. The van der Waals surface area contributed by atoms with Crippen LogP contribution in [0.2, 0.25) is 0 Å². The SMILES string of the molecule is CN1CC(C(=O)N2CCCCC2Cc2ncc(-c3cccc(C#N)c3)[nH]2)(c2ccc(F)cc2)C=N1. The first-order valence-electron chi connectivity index (χ1n) is 11.9. The van der Waals surface area contributed by atoms with Gasteiger partial charge in [-0.25, -0.2) is 9.37 Å². The molecule has 2 unspecified atom stereocenters. The topological polar surface area (TPSA) is 88.4 Å². The van der Waals surface area contributed by atoms with Crippen molar-refractivity contribution in [3.63, 3.8) is 0 Å². The first kappa shape index (κ1) is 22.8. The van der Waals surface area contributed by atoms with E-state index in [4.69, 9.17) is 0 Å². The zero-order chi connectivity index (χ0) is 24.4. The lowest BCUT2D eigenvalue weighted by Gasteiger charge is -2.40. The van der Waals surface area contributed by atoms with E-state index in [0.717, 1.165) is 41.9 Å². The minimum Gasteiger partial charge on any atom is -0.342 e. The molecule has 0 spiro atoms. The second-order valence-electron chi connectivity index (χ2n) is 9.33. The highest BCUT2D eigenvalue weighted by Crippen LogP contribution is 2.33. The number of carbonyl (C=O) groups excluding carboxylic acids is 1. The lowest BCUT2D eigenvalue weighted by atomic mass is 9.79. The third-order valence-corrected chi connectivity index (χ3v) is 6.94. The van der Waals surface area contributed by atoms with Gasteiger partial charge in [-0.1, -0.05) is 24.3 Å². The minimum absolute atomic E-state index is 0.00248. The number of likely N-dealkylation sites (N-methyl/N-ethyl adjacent to an activating group) is 1. The van der Waals surface area contributed by atoms with E-state index in [1.165, 1.54) is 12.1 Å². The number of carbonyl (C=O) groups is 1. The first-order valence-corrected chi connectivity index (χ1v) is 11.9. The van der Waals surface area contributed by atoms with Crippen LogP contribution in [0.5, 0.6) is 0 Å². The molecule has 1 fully saturated rings. The lowest BCUT2D eigenvalue weighted by Crippen LogP contribution is -2.55. The summed E-state index contributed by atoms with van der Waals surface area (Å²) in [5.74, 6) is 0.472. The molecule has 1 amide bonds. The van der Waals surface area contributed by atoms with Crippen molar-refractivity contribution in [3.8, 4) is 17.3 Å². The highest BCUT2D eigenvalue weighted by Gasteiger charge is 2.47. The van der Waals surface area contributed by atoms with Gasteiger partial charge in [-0.05, 0) is 49.1 Å². The smallest absolute Gasteiger partial charge is 0.240 e. The molecular formula is C27H27FN6O. The zero-order valence-electron chi connectivity index (χ0n) is 19.6. The summed E-state index contributed by atoms with van der Waals surface area (Å²) in [6, 6.07) is 15.7. The fourth-order valence-corrected chi connectivity index (χ4v) is 5.13. The van der Waals surface area contributed by atoms with Crippen molar-refractivity contribution >= 4 is 12.1 Å². The summed E-state index contributed by atoms with van der Waals surface area (Å²) >= 11 is 0. The van der Waals surface area contributed by atoms with Crippen LogP contribution in [-0.2, 0) is 16.6 Å². The molecule has 7 nitrogen and oxygen atoms in total. The molecule has 0 aliphatic carbocycles. The number of hydrogen-bond donors (Lipinski definition) is 1. The summed E-state index contributed by atoms with van der Waals surface area (Å²) in [5, 5.41) is 15.3. The highest BCUT2D eigenvalue weighted by atomic mass is 19.1. The number of hydrazone groups is 1. The summed E-state index contributed by atoms with van der Waals surface area (Å²) in [6.07, 6.45) is 6.97. The van der Waals surface area contributed by atoms with Crippen LogP contribution in [0.3, 0.4) is 0 Å². The van der Waals surface area contributed by atoms with Crippen molar-refractivity contribution in [1.29, 1.82) is 5.26 Å². The van der Waals surface area contributed by atoms with Gasteiger partial charge in [0.05, 0.1) is 30.1 Å². The van der Waals surface area contributed by atoms with Crippen molar-refractivity contribution in [1.82, 2.24) is 19.9 Å². The Morgan fingerprint density at radius 3 is 2.83 bits per heavy atom. The van der Waals surface area contributed by atoms with E-state index >= 15 is 0 Å². The molecule has 1 N–H and O–H groups in total. The molecule has 0 bridgehead atoms. The van der Waals surface area contributed by atoms with Crippen molar-refractivity contribution < 1.29 is 9.18 Å². The van der Waals surface area contributed by atoms with E-state index in [1.54, 1.807) is 35.6 Å². The van der Waals surface area contributed by atoms with Crippen LogP contribution in [0, 0.1) is 17.1 Å². The molecule has 2 aliphatic heterocycles. The number of nitriles is 1. The van der Waals surface area contributed by atoms with Gasteiger partial charge >= 0.3 is 0 Å². The molecule has 1 aromatic heterocycles. The molecule has 2 aliphatic rings.